The van der Waals surface area contributed by atoms with Crippen LogP contribution in [0.5, 0.6) is 0 Å². The van der Waals surface area contributed by atoms with Gasteiger partial charge in [-0.3, -0.25) is 0 Å². The van der Waals surface area contributed by atoms with Crippen molar-refractivity contribution < 1.29 is 14.7 Å². The molecule has 5 nitrogen and oxygen atoms in total. The fourth-order valence-electron chi connectivity index (χ4n) is 2.00. The lowest BCUT2D eigenvalue weighted by Crippen LogP contribution is -2.41. The van der Waals surface area contributed by atoms with E-state index in [-0.39, 0.29) is 17.6 Å². The number of rotatable bonds is 3. The van der Waals surface area contributed by atoms with Crippen LogP contribution < -0.4 is 10.6 Å². The van der Waals surface area contributed by atoms with E-state index in [2.05, 4.69) is 10.6 Å². The second-order valence-corrected chi connectivity index (χ2v) is 6.90. The SMILES string of the molecule is O=C(Nc1ccc(I)cc1C(=O)O)NC1CCCSC1. The quantitative estimate of drug-likeness (QED) is 0.675. The summed E-state index contributed by atoms with van der Waals surface area (Å²) in [5.41, 5.74) is 0.420. The van der Waals surface area contributed by atoms with Gasteiger partial charge in [0, 0.05) is 15.4 Å². The Kier molecular flexibility index (Phi) is 5.53. The molecule has 1 aromatic carbocycles. The first-order chi connectivity index (χ1) is 9.56. The van der Waals surface area contributed by atoms with Crippen LogP contribution in [0.2, 0.25) is 0 Å². The molecule has 1 fully saturated rings. The first-order valence-electron chi connectivity index (χ1n) is 6.24. The minimum atomic E-state index is -1.05. The number of carbonyl (C=O) groups is 2. The van der Waals surface area contributed by atoms with Gasteiger partial charge in [0.15, 0.2) is 0 Å². The molecule has 2 rings (SSSR count). The van der Waals surface area contributed by atoms with Gasteiger partial charge in [0.25, 0.3) is 0 Å². The molecule has 20 heavy (non-hydrogen) atoms. The predicted molar refractivity (Wildman–Crippen MR) is 88.6 cm³/mol. The molecule has 1 unspecified atom stereocenters. The normalized spacial score (nSPS) is 18.4. The molecule has 1 atom stereocenters. The van der Waals surface area contributed by atoms with Crippen molar-refractivity contribution in [3.63, 3.8) is 0 Å². The number of carboxylic acids is 1. The lowest BCUT2D eigenvalue weighted by molar-refractivity contribution is 0.0698. The molecule has 1 heterocycles. The second-order valence-electron chi connectivity index (χ2n) is 4.51. The fourth-order valence-corrected chi connectivity index (χ4v) is 3.56. The summed E-state index contributed by atoms with van der Waals surface area (Å²) in [4.78, 5) is 23.1. The summed E-state index contributed by atoms with van der Waals surface area (Å²) in [5.74, 6) is 0.999. The van der Waals surface area contributed by atoms with Gasteiger partial charge in [-0.25, -0.2) is 9.59 Å². The van der Waals surface area contributed by atoms with Crippen molar-refractivity contribution >= 4 is 52.0 Å². The van der Waals surface area contributed by atoms with Crippen LogP contribution >= 0.6 is 34.4 Å². The van der Waals surface area contributed by atoms with Crippen molar-refractivity contribution in [2.75, 3.05) is 16.8 Å². The van der Waals surface area contributed by atoms with Gasteiger partial charge in [-0.05, 0) is 59.4 Å². The van der Waals surface area contributed by atoms with Crippen LogP contribution in [-0.4, -0.2) is 34.7 Å². The Hall–Kier alpha value is -0.960. The fraction of sp³-hybridized carbons (Fsp3) is 0.385. The van der Waals surface area contributed by atoms with Gasteiger partial charge in [0.2, 0.25) is 0 Å². The maximum absolute atomic E-state index is 11.9. The Balaban J connectivity index is 2.01. The monoisotopic (exact) mass is 406 g/mol. The summed E-state index contributed by atoms with van der Waals surface area (Å²) in [5, 5.41) is 14.7. The van der Waals surface area contributed by atoms with Gasteiger partial charge in [-0.1, -0.05) is 0 Å². The molecule has 1 aliphatic heterocycles. The zero-order chi connectivity index (χ0) is 14.5. The average molecular weight is 406 g/mol. The highest BCUT2D eigenvalue weighted by Crippen LogP contribution is 2.20. The number of urea groups is 1. The van der Waals surface area contributed by atoms with E-state index < -0.39 is 5.97 Å². The summed E-state index contributed by atoms with van der Waals surface area (Å²) in [7, 11) is 0. The number of carboxylic acid groups (broad SMARTS) is 1. The van der Waals surface area contributed by atoms with Crippen molar-refractivity contribution in [2.24, 2.45) is 0 Å². The third-order valence-corrected chi connectivity index (χ3v) is 4.84. The van der Waals surface area contributed by atoms with Gasteiger partial charge in [0.1, 0.15) is 0 Å². The Morgan fingerprint density at radius 1 is 1.40 bits per heavy atom. The molecule has 7 heteroatoms. The topological polar surface area (TPSA) is 78.4 Å². The summed E-state index contributed by atoms with van der Waals surface area (Å²) in [6.07, 6.45) is 2.07. The molecule has 3 N–H and O–H groups in total. The third kappa shape index (κ3) is 4.27. The van der Waals surface area contributed by atoms with Gasteiger partial charge in [-0.15, -0.1) is 0 Å². The number of aromatic carboxylic acids is 1. The van der Waals surface area contributed by atoms with E-state index in [1.807, 2.05) is 34.4 Å². The average Bonchev–Trinajstić information content (AvgIpc) is 2.41. The minimum absolute atomic E-state index is 0.102. The number of benzene rings is 1. The summed E-state index contributed by atoms with van der Waals surface area (Å²) >= 11 is 3.86. The van der Waals surface area contributed by atoms with Crippen molar-refractivity contribution in [3.8, 4) is 0 Å². The molecule has 0 aromatic heterocycles. The van der Waals surface area contributed by atoms with Crippen LogP contribution in [0, 0.1) is 3.57 Å². The van der Waals surface area contributed by atoms with E-state index in [0.29, 0.717) is 5.69 Å². The highest BCUT2D eigenvalue weighted by atomic mass is 127. The van der Waals surface area contributed by atoms with Gasteiger partial charge in [0.05, 0.1) is 11.3 Å². The largest absolute Gasteiger partial charge is 0.478 e. The smallest absolute Gasteiger partial charge is 0.337 e. The summed E-state index contributed by atoms with van der Waals surface area (Å²) in [6.45, 7) is 0. The van der Waals surface area contributed by atoms with E-state index in [1.165, 1.54) is 6.07 Å². The van der Waals surface area contributed by atoms with Crippen LogP contribution in [0.1, 0.15) is 23.2 Å². The van der Waals surface area contributed by atoms with Crippen LogP contribution in [0.25, 0.3) is 0 Å². The first-order valence-corrected chi connectivity index (χ1v) is 8.47. The molecular weight excluding hydrogens is 391 g/mol. The number of amides is 2. The number of nitrogens with one attached hydrogen (secondary N) is 2. The Labute approximate surface area is 135 Å². The number of hydrogen-bond acceptors (Lipinski definition) is 3. The van der Waals surface area contributed by atoms with E-state index in [9.17, 15) is 9.59 Å². The van der Waals surface area contributed by atoms with Crippen molar-refractivity contribution in [1.82, 2.24) is 5.32 Å². The number of thioether (sulfide) groups is 1. The maximum atomic E-state index is 11.9. The molecule has 0 aliphatic carbocycles. The molecule has 1 aliphatic rings. The third-order valence-electron chi connectivity index (χ3n) is 2.96. The zero-order valence-corrected chi connectivity index (χ0v) is 13.7. The zero-order valence-electron chi connectivity index (χ0n) is 10.7. The van der Waals surface area contributed by atoms with Crippen LogP contribution in [0.15, 0.2) is 18.2 Å². The Bertz CT molecular complexity index is 518. The van der Waals surface area contributed by atoms with Gasteiger partial charge < -0.3 is 15.7 Å². The molecule has 0 spiro atoms. The Morgan fingerprint density at radius 3 is 2.85 bits per heavy atom. The number of hydrogen-bond donors (Lipinski definition) is 3. The van der Waals surface area contributed by atoms with Crippen molar-refractivity contribution in [1.29, 1.82) is 0 Å². The van der Waals surface area contributed by atoms with Gasteiger partial charge >= 0.3 is 12.0 Å². The summed E-state index contributed by atoms with van der Waals surface area (Å²) < 4.78 is 0.814. The molecule has 2 amide bonds. The highest BCUT2D eigenvalue weighted by Gasteiger charge is 2.18. The van der Waals surface area contributed by atoms with Crippen molar-refractivity contribution in [3.05, 3.63) is 27.3 Å². The van der Waals surface area contributed by atoms with E-state index in [0.717, 1.165) is 27.9 Å². The molecule has 1 saturated heterocycles. The second kappa shape index (κ2) is 7.16. The van der Waals surface area contributed by atoms with Crippen LogP contribution in [0.4, 0.5) is 10.5 Å². The molecule has 1 aromatic rings. The maximum Gasteiger partial charge on any atom is 0.337 e. The number of carbonyl (C=O) groups excluding carboxylic acids is 1. The first kappa shape index (κ1) is 15.4. The lowest BCUT2D eigenvalue weighted by atomic mass is 10.2. The minimum Gasteiger partial charge on any atom is -0.478 e. The molecule has 0 radical (unpaired) electrons. The molecular formula is C13H15IN2O3S. The van der Waals surface area contributed by atoms with E-state index in [1.54, 1.807) is 12.1 Å². The lowest BCUT2D eigenvalue weighted by Gasteiger charge is -2.22. The molecule has 0 saturated carbocycles. The van der Waals surface area contributed by atoms with E-state index in [4.69, 9.17) is 5.11 Å². The van der Waals surface area contributed by atoms with Crippen molar-refractivity contribution in [2.45, 2.75) is 18.9 Å². The number of halogens is 1. The standard InChI is InChI=1S/C13H15IN2O3S/c14-8-3-4-11(10(6-8)12(17)18)16-13(19)15-9-2-1-5-20-7-9/h3-4,6,9H,1-2,5,7H2,(H,17,18)(H2,15,16,19). The highest BCUT2D eigenvalue weighted by molar-refractivity contribution is 14.1. The predicted octanol–water partition coefficient (Wildman–Crippen LogP) is 3.01. The molecule has 0 bridgehead atoms. The Morgan fingerprint density at radius 2 is 2.20 bits per heavy atom. The van der Waals surface area contributed by atoms with Gasteiger partial charge in [-0.2, -0.15) is 11.8 Å². The summed E-state index contributed by atoms with van der Waals surface area (Å²) in [6, 6.07) is 4.72. The molecule has 108 valence electrons. The van der Waals surface area contributed by atoms with Crippen LogP contribution in [0.3, 0.4) is 0 Å². The van der Waals surface area contributed by atoms with Crippen LogP contribution in [-0.2, 0) is 0 Å². The number of anilines is 1. The van der Waals surface area contributed by atoms with E-state index >= 15 is 0 Å².